The first-order valence-electron chi connectivity index (χ1n) is 8.57. The van der Waals surface area contributed by atoms with Crippen molar-refractivity contribution in [3.05, 3.63) is 111 Å². The van der Waals surface area contributed by atoms with Gasteiger partial charge in [0.2, 0.25) is 0 Å². The molecular formula is C23H20Cl2O2. The van der Waals surface area contributed by atoms with E-state index in [-0.39, 0.29) is 0 Å². The number of benzene rings is 3. The molecule has 2 nitrogen and oxygen atoms in total. The Labute approximate surface area is 169 Å². The van der Waals surface area contributed by atoms with Crippen molar-refractivity contribution in [2.75, 3.05) is 0 Å². The minimum Gasteiger partial charge on any atom is -0.385 e. The van der Waals surface area contributed by atoms with E-state index in [2.05, 4.69) is 0 Å². The van der Waals surface area contributed by atoms with Crippen molar-refractivity contribution >= 4 is 29.3 Å². The van der Waals surface area contributed by atoms with Crippen molar-refractivity contribution < 1.29 is 10.2 Å². The molecule has 0 aliphatic rings. The van der Waals surface area contributed by atoms with E-state index >= 15 is 0 Å². The third-order valence-corrected chi connectivity index (χ3v) is 5.26. The highest BCUT2D eigenvalue weighted by molar-refractivity contribution is 6.42. The molecule has 0 spiro atoms. The van der Waals surface area contributed by atoms with Gasteiger partial charge >= 0.3 is 0 Å². The maximum atomic E-state index is 11.5. The quantitative estimate of drug-likeness (QED) is 0.558. The summed E-state index contributed by atoms with van der Waals surface area (Å²) >= 11 is 12.1. The molecule has 0 aromatic heterocycles. The average molecular weight is 399 g/mol. The fraction of sp³-hybridized carbons (Fsp3) is 0.130. The molecule has 138 valence electrons. The number of aliphatic hydroxyl groups excluding tert-OH is 1. The van der Waals surface area contributed by atoms with Crippen molar-refractivity contribution in [1.29, 1.82) is 0 Å². The number of halogens is 2. The molecule has 27 heavy (non-hydrogen) atoms. The Kier molecular flexibility index (Phi) is 6.03. The van der Waals surface area contributed by atoms with Gasteiger partial charge in [-0.05, 0) is 41.8 Å². The molecule has 3 aromatic rings. The molecule has 2 N–H and O–H groups in total. The number of rotatable bonds is 5. The van der Waals surface area contributed by atoms with E-state index in [1.807, 2.05) is 49.4 Å². The molecule has 2 atom stereocenters. The van der Waals surface area contributed by atoms with Crippen LogP contribution in [0.3, 0.4) is 0 Å². The van der Waals surface area contributed by atoms with Crippen LogP contribution in [0.2, 0.25) is 10.0 Å². The van der Waals surface area contributed by atoms with Crippen LogP contribution in [0.15, 0.2) is 78.9 Å². The molecule has 4 heteroatoms. The van der Waals surface area contributed by atoms with Crippen LogP contribution in [-0.2, 0) is 5.60 Å². The minimum atomic E-state index is -1.64. The van der Waals surface area contributed by atoms with Crippen LogP contribution in [-0.4, -0.2) is 10.2 Å². The van der Waals surface area contributed by atoms with Gasteiger partial charge in [0.1, 0.15) is 11.7 Å². The number of hydrogen-bond donors (Lipinski definition) is 2. The van der Waals surface area contributed by atoms with Gasteiger partial charge in [0, 0.05) is 0 Å². The first kappa shape index (κ1) is 19.7. The third-order valence-electron chi connectivity index (χ3n) is 4.52. The van der Waals surface area contributed by atoms with Gasteiger partial charge in [0.15, 0.2) is 0 Å². The normalized spacial score (nSPS) is 14.9. The zero-order valence-electron chi connectivity index (χ0n) is 14.8. The Hall–Kier alpha value is -2.10. The second-order valence-electron chi connectivity index (χ2n) is 6.51. The second-order valence-corrected chi connectivity index (χ2v) is 7.33. The SMILES string of the molecule is Cc1ccc(/C=C/[C@@](O)(c2ccccc2)[C@H](O)c2ccc(Cl)c(Cl)c2)cc1. The molecule has 0 saturated carbocycles. The van der Waals surface area contributed by atoms with Gasteiger partial charge < -0.3 is 10.2 Å². The van der Waals surface area contributed by atoms with Crippen LogP contribution in [0, 0.1) is 6.92 Å². The van der Waals surface area contributed by atoms with Crippen molar-refractivity contribution in [3.8, 4) is 0 Å². The van der Waals surface area contributed by atoms with Crippen molar-refractivity contribution in [3.63, 3.8) is 0 Å². The first-order chi connectivity index (χ1) is 12.9. The van der Waals surface area contributed by atoms with Gasteiger partial charge in [-0.25, -0.2) is 0 Å². The molecule has 0 aliphatic carbocycles. The average Bonchev–Trinajstić information content (AvgIpc) is 2.69. The van der Waals surface area contributed by atoms with Crippen LogP contribution in [0.25, 0.3) is 6.08 Å². The lowest BCUT2D eigenvalue weighted by Gasteiger charge is -2.31. The molecule has 0 bridgehead atoms. The number of aliphatic hydroxyl groups is 2. The fourth-order valence-corrected chi connectivity index (χ4v) is 3.19. The maximum Gasteiger partial charge on any atom is 0.138 e. The minimum absolute atomic E-state index is 0.325. The summed E-state index contributed by atoms with van der Waals surface area (Å²) in [6.07, 6.45) is 2.18. The highest BCUT2D eigenvalue weighted by atomic mass is 35.5. The lowest BCUT2D eigenvalue weighted by molar-refractivity contribution is -0.0453. The number of hydrogen-bond acceptors (Lipinski definition) is 2. The highest BCUT2D eigenvalue weighted by Gasteiger charge is 2.36. The van der Waals surface area contributed by atoms with Crippen molar-refractivity contribution in [2.24, 2.45) is 0 Å². The Bertz CT molecular complexity index is 936. The Morgan fingerprint density at radius 1 is 0.889 bits per heavy atom. The summed E-state index contributed by atoms with van der Waals surface area (Å²) in [6.45, 7) is 2.02. The van der Waals surface area contributed by atoms with E-state index in [4.69, 9.17) is 23.2 Å². The van der Waals surface area contributed by atoms with Crippen molar-refractivity contribution in [1.82, 2.24) is 0 Å². The molecule has 0 amide bonds. The Balaban J connectivity index is 2.04. The van der Waals surface area contributed by atoms with Crippen LogP contribution in [0.1, 0.15) is 28.4 Å². The molecule has 0 saturated heterocycles. The summed E-state index contributed by atoms with van der Waals surface area (Å²) in [7, 11) is 0. The summed E-state index contributed by atoms with van der Waals surface area (Å²) in [4.78, 5) is 0. The molecular weight excluding hydrogens is 379 g/mol. The van der Waals surface area contributed by atoms with Crippen LogP contribution in [0.4, 0.5) is 0 Å². The largest absolute Gasteiger partial charge is 0.385 e. The lowest BCUT2D eigenvalue weighted by atomic mass is 9.83. The van der Waals surface area contributed by atoms with Gasteiger partial charge in [-0.2, -0.15) is 0 Å². The molecule has 0 aliphatic heterocycles. The molecule has 0 unspecified atom stereocenters. The zero-order valence-corrected chi connectivity index (χ0v) is 16.3. The lowest BCUT2D eigenvalue weighted by Crippen LogP contribution is -2.31. The van der Waals surface area contributed by atoms with Gasteiger partial charge in [0.25, 0.3) is 0 Å². The molecule has 3 aromatic carbocycles. The van der Waals surface area contributed by atoms with E-state index < -0.39 is 11.7 Å². The molecule has 3 rings (SSSR count). The molecule has 0 heterocycles. The van der Waals surface area contributed by atoms with Gasteiger partial charge in [-0.3, -0.25) is 0 Å². The summed E-state index contributed by atoms with van der Waals surface area (Å²) in [5, 5.41) is 23.2. The predicted molar refractivity (Wildman–Crippen MR) is 112 cm³/mol. The summed E-state index contributed by atoms with van der Waals surface area (Å²) in [6, 6.07) is 21.8. The topological polar surface area (TPSA) is 40.5 Å². The summed E-state index contributed by atoms with van der Waals surface area (Å²) in [5.41, 5.74) is 1.50. The standard InChI is InChI=1S/C23H20Cl2O2/c1-16-7-9-17(10-8-16)13-14-23(27,19-5-3-2-4-6-19)22(26)18-11-12-20(24)21(25)15-18/h2-15,22,26-27H,1H3/b14-13+/t22-,23-/m1/s1. The third kappa shape index (κ3) is 4.42. The Morgan fingerprint density at radius 2 is 1.56 bits per heavy atom. The summed E-state index contributed by atoms with van der Waals surface area (Å²) < 4.78 is 0. The van der Waals surface area contributed by atoms with E-state index in [9.17, 15) is 10.2 Å². The van der Waals surface area contributed by atoms with Crippen LogP contribution < -0.4 is 0 Å². The maximum absolute atomic E-state index is 11.5. The van der Waals surface area contributed by atoms with E-state index in [0.717, 1.165) is 11.1 Å². The fourth-order valence-electron chi connectivity index (χ4n) is 2.89. The first-order valence-corrected chi connectivity index (χ1v) is 9.32. The van der Waals surface area contributed by atoms with E-state index in [0.29, 0.717) is 21.2 Å². The summed E-state index contributed by atoms with van der Waals surface area (Å²) in [5.74, 6) is 0. The monoisotopic (exact) mass is 398 g/mol. The smallest absolute Gasteiger partial charge is 0.138 e. The van der Waals surface area contributed by atoms with Gasteiger partial charge in [-0.1, -0.05) is 95.5 Å². The Morgan fingerprint density at radius 3 is 2.19 bits per heavy atom. The van der Waals surface area contributed by atoms with Gasteiger partial charge in [-0.15, -0.1) is 0 Å². The molecule has 0 fully saturated rings. The highest BCUT2D eigenvalue weighted by Crippen LogP contribution is 2.38. The van der Waals surface area contributed by atoms with Crippen LogP contribution >= 0.6 is 23.2 Å². The zero-order chi connectivity index (χ0) is 19.4. The molecule has 0 radical (unpaired) electrons. The predicted octanol–water partition coefficient (Wildman–Crippen LogP) is 5.94. The van der Waals surface area contributed by atoms with Crippen molar-refractivity contribution in [2.45, 2.75) is 18.6 Å². The van der Waals surface area contributed by atoms with Gasteiger partial charge in [0.05, 0.1) is 10.0 Å². The van der Waals surface area contributed by atoms with E-state index in [1.54, 1.807) is 42.5 Å². The number of aryl methyl sites for hydroxylation is 1. The second kappa shape index (κ2) is 8.28. The van der Waals surface area contributed by atoms with Crippen LogP contribution in [0.5, 0.6) is 0 Å². The van der Waals surface area contributed by atoms with E-state index in [1.165, 1.54) is 0 Å².